The van der Waals surface area contributed by atoms with E-state index in [1.54, 1.807) is 6.07 Å². The van der Waals surface area contributed by atoms with Gasteiger partial charge in [0.05, 0.1) is 10.6 Å². The van der Waals surface area contributed by atoms with Crippen LogP contribution in [-0.2, 0) is 0 Å². The van der Waals surface area contributed by atoms with Crippen LogP contribution in [0.1, 0.15) is 29.6 Å². The molecule has 1 amide bonds. The standard InChI is InChI=1S/C15H19ClN2O2/c16-14-4-3-12(19)9-13(14)15(20)18-8-5-11(10-18)17-6-1-2-7-17/h3-4,9,11,19H,1-2,5-8,10H2. The van der Waals surface area contributed by atoms with Gasteiger partial charge in [0.25, 0.3) is 5.91 Å². The van der Waals surface area contributed by atoms with E-state index >= 15 is 0 Å². The summed E-state index contributed by atoms with van der Waals surface area (Å²) in [6.07, 6.45) is 3.56. The van der Waals surface area contributed by atoms with Gasteiger partial charge >= 0.3 is 0 Å². The molecule has 0 saturated carbocycles. The Hall–Kier alpha value is -1.26. The molecule has 1 atom stereocenters. The highest BCUT2D eigenvalue weighted by Crippen LogP contribution is 2.26. The van der Waals surface area contributed by atoms with Crippen LogP contribution in [0.3, 0.4) is 0 Å². The van der Waals surface area contributed by atoms with Gasteiger partial charge in [-0.05, 0) is 50.6 Å². The van der Waals surface area contributed by atoms with Crippen LogP contribution < -0.4 is 0 Å². The maximum atomic E-state index is 12.5. The third kappa shape index (κ3) is 2.63. The molecule has 0 aromatic heterocycles. The fourth-order valence-corrected chi connectivity index (χ4v) is 3.38. The van der Waals surface area contributed by atoms with Crippen LogP contribution in [0.4, 0.5) is 0 Å². The second-order valence-corrected chi connectivity index (χ2v) is 6.01. The molecule has 0 aliphatic carbocycles. The van der Waals surface area contributed by atoms with E-state index < -0.39 is 0 Å². The first kappa shape index (κ1) is 13.7. The number of hydrogen-bond donors (Lipinski definition) is 1. The van der Waals surface area contributed by atoms with Crippen molar-refractivity contribution in [3.8, 4) is 5.75 Å². The number of carbonyl (C=O) groups is 1. The maximum Gasteiger partial charge on any atom is 0.255 e. The molecule has 1 N–H and O–H groups in total. The van der Waals surface area contributed by atoms with Crippen LogP contribution >= 0.6 is 11.6 Å². The molecule has 2 aliphatic heterocycles. The third-order valence-electron chi connectivity index (χ3n) is 4.29. The van der Waals surface area contributed by atoms with Gasteiger partial charge in [0.15, 0.2) is 0 Å². The fraction of sp³-hybridized carbons (Fsp3) is 0.533. The molecule has 2 aliphatic rings. The highest BCUT2D eigenvalue weighted by Gasteiger charge is 2.32. The normalized spacial score (nSPS) is 23.4. The topological polar surface area (TPSA) is 43.8 Å². The number of aromatic hydroxyl groups is 1. The molecular formula is C15H19ClN2O2. The summed E-state index contributed by atoms with van der Waals surface area (Å²) in [5.41, 5.74) is 0.397. The molecule has 2 heterocycles. The molecule has 1 aromatic rings. The number of likely N-dealkylation sites (tertiary alicyclic amines) is 2. The number of nitrogens with zero attached hydrogens (tertiary/aromatic N) is 2. The third-order valence-corrected chi connectivity index (χ3v) is 4.62. The highest BCUT2D eigenvalue weighted by molar-refractivity contribution is 6.33. The van der Waals surface area contributed by atoms with Gasteiger partial charge in [0.2, 0.25) is 0 Å². The molecule has 2 fully saturated rings. The summed E-state index contributed by atoms with van der Waals surface area (Å²) < 4.78 is 0. The van der Waals surface area contributed by atoms with Gasteiger partial charge in [-0.3, -0.25) is 9.69 Å². The molecule has 3 rings (SSSR count). The molecular weight excluding hydrogens is 276 g/mol. The van der Waals surface area contributed by atoms with Gasteiger partial charge < -0.3 is 10.0 Å². The first-order chi connectivity index (χ1) is 9.65. The van der Waals surface area contributed by atoms with Crippen molar-refractivity contribution in [2.45, 2.75) is 25.3 Å². The lowest BCUT2D eigenvalue weighted by molar-refractivity contribution is 0.0780. The van der Waals surface area contributed by atoms with Crippen LogP contribution in [0.2, 0.25) is 5.02 Å². The molecule has 2 saturated heterocycles. The second-order valence-electron chi connectivity index (χ2n) is 5.60. The van der Waals surface area contributed by atoms with Gasteiger partial charge in [-0.2, -0.15) is 0 Å². The van der Waals surface area contributed by atoms with Crippen LogP contribution in [0.5, 0.6) is 5.75 Å². The lowest BCUT2D eigenvalue weighted by Crippen LogP contribution is -2.37. The largest absolute Gasteiger partial charge is 0.508 e. The fourth-order valence-electron chi connectivity index (χ4n) is 3.18. The summed E-state index contributed by atoms with van der Waals surface area (Å²) in [5.74, 6) is 0.000590. The summed E-state index contributed by atoms with van der Waals surface area (Å²) in [5, 5.41) is 9.92. The van der Waals surface area contributed by atoms with E-state index in [0.29, 0.717) is 16.6 Å². The van der Waals surface area contributed by atoms with Gasteiger partial charge in [-0.25, -0.2) is 0 Å². The van der Waals surface area contributed by atoms with E-state index in [2.05, 4.69) is 4.90 Å². The Kier molecular flexibility index (Phi) is 3.85. The van der Waals surface area contributed by atoms with Crippen LogP contribution in [0.15, 0.2) is 18.2 Å². The van der Waals surface area contributed by atoms with E-state index in [4.69, 9.17) is 11.6 Å². The quantitative estimate of drug-likeness (QED) is 0.910. The second kappa shape index (κ2) is 5.62. The van der Waals surface area contributed by atoms with Gasteiger partial charge in [0, 0.05) is 19.1 Å². The lowest BCUT2D eigenvalue weighted by Gasteiger charge is -2.23. The highest BCUT2D eigenvalue weighted by atomic mass is 35.5. The zero-order chi connectivity index (χ0) is 14.1. The molecule has 1 aromatic carbocycles. The summed E-state index contributed by atoms with van der Waals surface area (Å²) in [6.45, 7) is 3.84. The van der Waals surface area contributed by atoms with Crippen molar-refractivity contribution in [2.24, 2.45) is 0 Å². The Bertz CT molecular complexity index is 515. The minimum absolute atomic E-state index is 0.0763. The van der Waals surface area contributed by atoms with Crippen molar-refractivity contribution in [1.29, 1.82) is 0 Å². The summed E-state index contributed by atoms with van der Waals surface area (Å²) in [6, 6.07) is 5.00. The molecule has 0 spiro atoms. The van der Waals surface area contributed by atoms with Crippen LogP contribution in [0.25, 0.3) is 0 Å². The smallest absolute Gasteiger partial charge is 0.255 e. The number of rotatable bonds is 2. The zero-order valence-electron chi connectivity index (χ0n) is 11.4. The summed E-state index contributed by atoms with van der Waals surface area (Å²) in [4.78, 5) is 16.8. The van der Waals surface area contributed by atoms with Gasteiger partial charge in [-0.1, -0.05) is 11.6 Å². The van der Waals surface area contributed by atoms with Gasteiger partial charge in [-0.15, -0.1) is 0 Å². The van der Waals surface area contributed by atoms with E-state index in [9.17, 15) is 9.90 Å². The van der Waals surface area contributed by atoms with Crippen molar-refractivity contribution in [3.05, 3.63) is 28.8 Å². The number of carbonyl (C=O) groups excluding carboxylic acids is 1. The zero-order valence-corrected chi connectivity index (χ0v) is 12.1. The molecule has 4 nitrogen and oxygen atoms in total. The van der Waals surface area contributed by atoms with Crippen molar-refractivity contribution >= 4 is 17.5 Å². The summed E-state index contributed by atoms with van der Waals surface area (Å²) in [7, 11) is 0. The first-order valence-electron chi connectivity index (χ1n) is 7.17. The van der Waals surface area contributed by atoms with E-state index in [0.717, 1.165) is 32.6 Å². The minimum Gasteiger partial charge on any atom is -0.508 e. The predicted octanol–water partition coefficient (Wildman–Crippen LogP) is 2.36. The molecule has 0 radical (unpaired) electrons. The van der Waals surface area contributed by atoms with Crippen LogP contribution in [0, 0.1) is 0 Å². The molecule has 5 heteroatoms. The number of benzene rings is 1. The Balaban J connectivity index is 1.70. The number of hydrogen-bond acceptors (Lipinski definition) is 3. The molecule has 0 bridgehead atoms. The Morgan fingerprint density at radius 3 is 2.75 bits per heavy atom. The minimum atomic E-state index is -0.0763. The molecule has 108 valence electrons. The lowest BCUT2D eigenvalue weighted by atomic mass is 10.2. The Labute approximate surface area is 123 Å². The van der Waals surface area contributed by atoms with Crippen molar-refractivity contribution in [2.75, 3.05) is 26.2 Å². The number of amides is 1. The molecule has 20 heavy (non-hydrogen) atoms. The Morgan fingerprint density at radius 1 is 1.25 bits per heavy atom. The van der Waals surface area contributed by atoms with Crippen molar-refractivity contribution in [1.82, 2.24) is 9.80 Å². The maximum absolute atomic E-state index is 12.5. The van der Waals surface area contributed by atoms with Gasteiger partial charge in [0.1, 0.15) is 5.75 Å². The van der Waals surface area contributed by atoms with E-state index in [-0.39, 0.29) is 11.7 Å². The Morgan fingerprint density at radius 2 is 2.00 bits per heavy atom. The first-order valence-corrected chi connectivity index (χ1v) is 7.55. The van der Waals surface area contributed by atoms with E-state index in [1.165, 1.54) is 25.0 Å². The number of phenolic OH excluding ortho intramolecular Hbond substituents is 1. The van der Waals surface area contributed by atoms with E-state index in [1.807, 2.05) is 4.90 Å². The number of phenols is 1. The van der Waals surface area contributed by atoms with Crippen molar-refractivity contribution < 1.29 is 9.90 Å². The monoisotopic (exact) mass is 294 g/mol. The SMILES string of the molecule is O=C(c1cc(O)ccc1Cl)N1CCC(N2CCCC2)C1. The average molecular weight is 295 g/mol. The number of halogens is 1. The molecule has 1 unspecified atom stereocenters. The van der Waals surface area contributed by atoms with Crippen LogP contribution in [-0.4, -0.2) is 53.0 Å². The summed E-state index contributed by atoms with van der Waals surface area (Å²) >= 11 is 6.06. The average Bonchev–Trinajstić information content (AvgIpc) is 3.10. The van der Waals surface area contributed by atoms with Crippen molar-refractivity contribution in [3.63, 3.8) is 0 Å². The predicted molar refractivity (Wildman–Crippen MR) is 78.2 cm³/mol.